The van der Waals surface area contributed by atoms with Gasteiger partial charge in [-0.15, -0.1) is 24.3 Å². The number of nitrogens with one attached hydrogen (secondary N) is 1. The lowest BCUT2D eigenvalue weighted by Crippen LogP contribution is -2.29. The topological polar surface area (TPSA) is 37.4 Å². The quantitative estimate of drug-likeness (QED) is 0.147. The van der Waals surface area contributed by atoms with Crippen molar-refractivity contribution >= 4 is 16.5 Å². The first-order valence-electron chi connectivity index (χ1n) is 10.1. The molecule has 1 atom stereocenters. The molecule has 1 heterocycles. The van der Waals surface area contributed by atoms with Gasteiger partial charge >= 0.3 is 0 Å². The third-order valence-corrected chi connectivity index (χ3v) is 4.84. The summed E-state index contributed by atoms with van der Waals surface area (Å²) >= 11 is 1.33. The van der Waals surface area contributed by atoms with Gasteiger partial charge in [-0.2, -0.15) is 0 Å². The van der Waals surface area contributed by atoms with Gasteiger partial charge in [0.15, 0.2) is 11.0 Å². The molecule has 0 radical (unpaired) electrons. The fourth-order valence-electron chi connectivity index (χ4n) is 2.52. The van der Waals surface area contributed by atoms with E-state index < -0.39 is 11.7 Å². The minimum atomic E-state index is -0.581. The summed E-state index contributed by atoms with van der Waals surface area (Å²) in [5.41, 5.74) is 1.20. The van der Waals surface area contributed by atoms with Gasteiger partial charge < -0.3 is 15.0 Å². The average molecular weight is 448 g/mol. The molecule has 7 heteroatoms. The van der Waals surface area contributed by atoms with Gasteiger partial charge in [0.2, 0.25) is 0 Å². The second kappa shape index (κ2) is 14.2. The lowest BCUT2D eigenvalue weighted by atomic mass is 10.2. The first-order chi connectivity index (χ1) is 14.8. The Morgan fingerprint density at radius 2 is 2.16 bits per heavy atom. The van der Waals surface area contributed by atoms with Gasteiger partial charge in [0, 0.05) is 30.1 Å². The van der Waals surface area contributed by atoms with Gasteiger partial charge in [-0.25, -0.2) is 13.8 Å². The predicted molar refractivity (Wildman–Crippen MR) is 127 cm³/mol. The van der Waals surface area contributed by atoms with Gasteiger partial charge in [-0.3, -0.25) is 0 Å². The molecule has 1 N–H and O–H groups in total. The Balaban J connectivity index is 2.65. The van der Waals surface area contributed by atoms with Gasteiger partial charge in [-0.05, 0) is 25.5 Å². The number of hydrogen-bond acceptors (Lipinski definition) is 5. The SMILES string of the molecule is C#CC(C=C)COC(=C)N(CCC)CC(=C)Nc1nc(C/C(F)=C\C(F)=C/CC)cs1. The van der Waals surface area contributed by atoms with Crippen LogP contribution in [0, 0.1) is 18.3 Å². The summed E-state index contributed by atoms with van der Waals surface area (Å²) in [5, 5.41) is 5.44. The number of anilines is 1. The minimum Gasteiger partial charge on any atom is -0.478 e. The van der Waals surface area contributed by atoms with Crippen molar-refractivity contribution in [1.29, 1.82) is 0 Å². The zero-order chi connectivity index (χ0) is 23.2. The van der Waals surface area contributed by atoms with E-state index in [0.29, 0.717) is 42.0 Å². The van der Waals surface area contributed by atoms with Crippen LogP contribution in [-0.2, 0) is 11.2 Å². The van der Waals surface area contributed by atoms with Crippen LogP contribution in [0.4, 0.5) is 13.9 Å². The largest absolute Gasteiger partial charge is 0.478 e. The fourth-order valence-corrected chi connectivity index (χ4v) is 3.27. The van der Waals surface area contributed by atoms with Crippen LogP contribution in [0.25, 0.3) is 0 Å². The Labute approximate surface area is 188 Å². The van der Waals surface area contributed by atoms with E-state index >= 15 is 0 Å². The van der Waals surface area contributed by atoms with Crippen molar-refractivity contribution < 1.29 is 13.5 Å². The molecule has 0 bridgehead atoms. The second-order valence-corrected chi connectivity index (χ2v) is 7.63. The summed E-state index contributed by atoms with van der Waals surface area (Å²) < 4.78 is 33.0. The number of terminal acetylenes is 1. The van der Waals surface area contributed by atoms with E-state index in [1.165, 1.54) is 17.4 Å². The number of ether oxygens (including phenoxy) is 1. The minimum absolute atomic E-state index is 0.0676. The number of aromatic nitrogens is 1. The van der Waals surface area contributed by atoms with Crippen LogP contribution in [0.5, 0.6) is 0 Å². The standard InChI is InChI=1S/C24H31F2N3OS/c1-7-11-21(25)13-22(26)14-23-17-31-24(28-23)27-18(5)15-29(12-8-2)19(6)30-16-20(9-3)10-4/h3,10-11,13,17,20H,4-8,12,14-16H2,1-2H3,(H,27,28)/b21-11+,22-13+. The normalized spacial score (nSPS) is 12.6. The van der Waals surface area contributed by atoms with Crippen LogP contribution in [-0.4, -0.2) is 29.6 Å². The summed E-state index contributed by atoms with van der Waals surface area (Å²) in [5.74, 6) is 1.75. The number of nitrogens with zero attached hydrogens (tertiary/aromatic N) is 2. The zero-order valence-corrected chi connectivity index (χ0v) is 19.1. The molecule has 0 fully saturated rings. The molecule has 0 saturated heterocycles. The molecule has 0 amide bonds. The Morgan fingerprint density at radius 3 is 2.77 bits per heavy atom. The van der Waals surface area contributed by atoms with Gasteiger partial charge in [-0.1, -0.05) is 32.4 Å². The Hall–Kier alpha value is -2.85. The van der Waals surface area contributed by atoms with E-state index in [2.05, 4.69) is 42.9 Å². The second-order valence-electron chi connectivity index (χ2n) is 6.77. The maximum Gasteiger partial charge on any atom is 0.187 e. The third-order valence-electron chi connectivity index (χ3n) is 4.04. The molecule has 0 aliphatic rings. The molecule has 0 saturated carbocycles. The number of allylic oxidation sites excluding steroid dienone is 4. The first kappa shape index (κ1) is 26.2. The molecule has 0 aromatic carbocycles. The van der Waals surface area contributed by atoms with Crippen LogP contribution in [0.1, 0.15) is 32.4 Å². The number of thiazole rings is 1. The van der Waals surface area contributed by atoms with E-state index in [1.54, 1.807) is 18.4 Å². The lowest BCUT2D eigenvalue weighted by molar-refractivity contribution is 0.112. The van der Waals surface area contributed by atoms with Gasteiger partial charge in [0.05, 0.1) is 18.2 Å². The maximum absolute atomic E-state index is 13.9. The molecule has 168 valence electrons. The molecular formula is C24H31F2N3OS. The molecule has 1 unspecified atom stereocenters. The molecule has 1 aromatic rings. The van der Waals surface area contributed by atoms with E-state index in [-0.39, 0.29) is 12.3 Å². The van der Waals surface area contributed by atoms with Crippen LogP contribution >= 0.6 is 11.3 Å². The van der Waals surface area contributed by atoms with Crippen molar-refractivity contribution in [2.75, 3.05) is 25.0 Å². The summed E-state index contributed by atoms with van der Waals surface area (Å²) in [6.07, 6.45) is 10.6. The fraction of sp³-hybridized carbons (Fsp3) is 0.375. The van der Waals surface area contributed by atoms with E-state index in [0.717, 1.165) is 19.0 Å². The number of rotatable bonds is 15. The monoisotopic (exact) mass is 447 g/mol. The summed E-state index contributed by atoms with van der Waals surface area (Å²) in [7, 11) is 0. The van der Waals surface area contributed by atoms with Crippen LogP contribution in [0.2, 0.25) is 0 Å². The molecule has 4 nitrogen and oxygen atoms in total. The smallest absolute Gasteiger partial charge is 0.187 e. The number of hydrogen-bond donors (Lipinski definition) is 1. The zero-order valence-electron chi connectivity index (χ0n) is 18.3. The molecule has 0 aliphatic heterocycles. The van der Waals surface area contributed by atoms with Crippen molar-refractivity contribution in [3.8, 4) is 12.3 Å². The average Bonchev–Trinajstić information content (AvgIpc) is 3.14. The van der Waals surface area contributed by atoms with Crippen molar-refractivity contribution in [3.05, 3.63) is 72.3 Å². The number of halogens is 2. The van der Waals surface area contributed by atoms with Crippen molar-refractivity contribution in [1.82, 2.24) is 9.88 Å². The van der Waals surface area contributed by atoms with Crippen LogP contribution in [0.3, 0.4) is 0 Å². The van der Waals surface area contributed by atoms with Crippen LogP contribution < -0.4 is 5.32 Å². The molecule has 31 heavy (non-hydrogen) atoms. The Morgan fingerprint density at radius 1 is 1.42 bits per heavy atom. The molecule has 1 aromatic heterocycles. The third kappa shape index (κ3) is 10.1. The van der Waals surface area contributed by atoms with Gasteiger partial charge in [0.1, 0.15) is 18.3 Å². The highest BCUT2D eigenvalue weighted by Gasteiger charge is 2.13. The van der Waals surface area contributed by atoms with Crippen molar-refractivity contribution in [2.24, 2.45) is 5.92 Å². The molecule has 1 rings (SSSR count). The summed E-state index contributed by atoms with van der Waals surface area (Å²) in [6.45, 7) is 17.0. The van der Waals surface area contributed by atoms with E-state index in [9.17, 15) is 8.78 Å². The maximum atomic E-state index is 13.9. The lowest BCUT2D eigenvalue weighted by Gasteiger charge is -2.27. The molecule has 0 aliphatic carbocycles. The van der Waals surface area contributed by atoms with Crippen molar-refractivity contribution in [2.45, 2.75) is 33.1 Å². The highest BCUT2D eigenvalue weighted by atomic mass is 32.1. The Kier molecular flexibility index (Phi) is 12.0. The summed E-state index contributed by atoms with van der Waals surface area (Å²) in [6, 6.07) is 0. The predicted octanol–water partition coefficient (Wildman–Crippen LogP) is 6.36. The molecule has 0 spiro atoms. The van der Waals surface area contributed by atoms with E-state index in [1.807, 2.05) is 4.90 Å². The first-order valence-corrected chi connectivity index (χ1v) is 11.0. The van der Waals surface area contributed by atoms with Gasteiger partial charge in [0.25, 0.3) is 0 Å². The van der Waals surface area contributed by atoms with E-state index in [4.69, 9.17) is 11.2 Å². The Bertz CT molecular complexity index is 851. The summed E-state index contributed by atoms with van der Waals surface area (Å²) in [4.78, 5) is 6.29. The van der Waals surface area contributed by atoms with Crippen molar-refractivity contribution in [3.63, 3.8) is 0 Å². The highest BCUT2D eigenvalue weighted by molar-refractivity contribution is 7.13. The van der Waals surface area contributed by atoms with Crippen LogP contribution in [0.15, 0.2) is 66.6 Å². The highest BCUT2D eigenvalue weighted by Crippen LogP contribution is 2.21. The molecular weight excluding hydrogens is 416 g/mol.